The third-order valence-electron chi connectivity index (χ3n) is 9.47. The van der Waals surface area contributed by atoms with Gasteiger partial charge in [-0.2, -0.15) is 0 Å². The highest BCUT2D eigenvalue weighted by Gasteiger charge is 2.22. The topological polar surface area (TPSA) is 42.4 Å². The fourth-order valence-corrected chi connectivity index (χ4v) is 7.09. The molecule has 10 aromatic rings. The van der Waals surface area contributed by atoms with E-state index in [9.17, 15) is 0 Å². The SMILES string of the molecule is c1ccc2cc(-c3ccc(N(c4ccc5ccccc5c4)c4cccc5c4oc4cccc(-c6nc7ccccc7o6)c45)cc3)ccc2c1. The van der Waals surface area contributed by atoms with Crippen molar-refractivity contribution in [3.63, 3.8) is 0 Å². The molecule has 10 rings (SSSR count). The zero-order valence-electron chi connectivity index (χ0n) is 26.4. The first-order chi connectivity index (χ1) is 24.3. The maximum absolute atomic E-state index is 6.75. The Morgan fingerprint density at radius 2 is 1.10 bits per heavy atom. The second-order valence-electron chi connectivity index (χ2n) is 12.4. The van der Waals surface area contributed by atoms with Crippen LogP contribution in [0.1, 0.15) is 0 Å². The number of benzene rings is 8. The Kier molecular flexibility index (Phi) is 6.15. The van der Waals surface area contributed by atoms with Crippen molar-refractivity contribution in [3.05, 3.63) is 170 Å². The zero-order valence-corrected chi connectivity index (χ0v) is 26.4. The van der Waals surface area contributed by atoms with Crippen LogP contribution in [0.5, 0.6) is 0 Å². The molecule has 4 heteroatoms. The van der Waals surface area contributed by atoms with Gasteiger partial charge in [0.2, 0.25) is 5.89 Å². The van der Waals surface area contributed by atoms with Crippen LogP contribution >= 0.6 is 0 Å². The molecule has 0 radical (unpaired) electrons. The fourth-order valence-electron chi connectivity index (χ4n) is 7.09. The average molecular weight is 629 g/mol. The van der Waals surface area contributed by atoms with Crippen LogP contribution in [-0.2, 0) is 0 Å². The largest absolute Gasteiger partial charge is 0.454 e. The molecule has 2 aromatic heterocycles. The van der Waals surface area contributed by atoms with Gasteiger partial charge in [-0.05, 0) is 93.3 Å². The summed E-state index contributed by atoms with van der Waals surface area (Å²) in [5.41, 5.74) is 9.46. The highest BCUT2D eigenvalue weighted by atomic mass is 16.3. The molecule has 0 bridgehead atoms. The monoisotopic (exact) mass is 628 g/mol. The summed E-state index contributed by atoms with van der Waals surface area (Å²) in [7, 11) is 0. The first-order valence-electron chi connectivity index (χ1n) is 16.5. The number of hydrogen-bond donors (Lipinski definition) is 0. The summed E-state index contributed by atoms with van der Waals surface area (Å²) in [6.45, 7) is 0. The van der Waals surface area contributed by atoms with Crippen LogP contribution in [-0.4, -0.2) is 4.98 Å². The van der Waals surface area contributed by atoms with Gasteiger partial charge in [-0.15, -0.1) is 0 Å². The van der Waals surface area contributed by atoms with Crippen LogP contribution in [0, 0.1) is 0 Å². The molecular formula is C45H28N2O2. The van der Waals surface area contributed by atoms with Crippen molar-refractivity contribution in [1.29, 1.82) is 0 Å². The normalized spacial score (nSPS) is 11.7. The Bertz CT molecular complexity index is 2810. The third-order valence-corrected chi connectivity index (χ3v) is 9.47. The molecular weight excluding hydrogens is 601 g/mol. The van der Waals surface area contributed by atoms with E-state index in [1.807, 2.05) is 36.4 Å². The number of anilines is 3. The molecule has 0 fully saturated rings. The molecule has 0 spiro atoms. The minimum Gasteiger partial charge on any atom is -0.454 e. The van der Waals surface area contributed by atoms with Crippen molar-refractivity contribution in [2.75, 3.05) is 4.90 Å². The summed E-state index contributed by atoms with van der Waals surface area (Å²) in [5, 5.41) is 6.83. The van der Waals surface area contributed by atoms with Crippen LogP contribution in [0.3, 0.4) is 0 Å². The number of hydrogen-bond acceptors (Lipinski definition) is 4. The molecule has 0 aliphatic rings. The summed E-state index contributed by atoms with van der Waals surface area (Å²) >= 11 is 0. The Morgan fingerprint density at radius 3 is 1.92 bits per heavy atom. The lowest BCUT2D eigenvalue weighted by atomic mass is 10.0. The summed E-state index contributed by atoms with van der Waals surface area (Å²) in [4.78, 5) is 7.12. The van der Waals surface area contributed by atoms with Gasteiger partial charge in [0.05, 0.1) is 5.69 Å². The van der Waals surface area contributed by atoms with Gasteiger partial charge in [-0.25, -0.2) is 4.98 Å². The third kappa shape index (κ3) is 4.57. The quantitative estimate of drug-likeness (QED) is 0.190. The van der Waals surface area contributed by atoms with Gasteiger partial charge in [-0.3, -0.25) is 0 Å². The Balaban J connectivity index is 1.16. The van der Waals surface area contributed by atoms with E-state index in [1.165, 1.54) is 27.1 Å². The molecule has 0 amide bonds. The lowest BCUT2D eigenvalue weighted by molar-refractivity contribution is 0.620. The van der Waals surface area contributed by atoms with Crippen LogP contribution in [0.2, 0.25) is 0 Å². The van der Waals surface area contributed by atoms with Crippen LogP contribution in [0.4, 0.5) is 17.1 Å². The van der Waals surface area contributed by atoms with E-state index in [-0.39, 0.29) is 0 Å². The average Bonchev–Trinajstić information content (AvgIpc) is 3.78. The first kappa shape index (κ1) is 27.5. The van der Waals surface area contributed by atoms with E-state index in [4.69, 9.17) is 13.8 Å². The summed E-state index contributed by atoms with van der Waals surface area (Å²) in [5.74, 6) is 0.579. The Morgan fingerprint density at radius 1 is 0.449 bits per heavy atom. The lowest BCUT2D eigenvalue weighted by Crippen LogP contribution is -2.10. The number of furan rings is 1. The molecule has 0 saturated carbocycles. The van der Waals surface area contributed by atoms with Gasteiger partial charge >= 0.3 is 0 Å². The number of oxazole rings is 1. The molecule has 230 valence electrons. The molecule has 0 aliphatic heterocycles. The van der Waals surface area contributed by atoms with Crippen molar-refractivity contribution >= 4 is 71.6 Å². The molecule has 4 nitrogen and oxygen atoms in total. The van der Waals surface area contributed by atoms with Crippen molar-refractivity contribution in [2.45, 2.75) is 0 Å². The molecule has 0 aliphatic carbocycles. The smallest absolute Gasteiger partial charge is 0.228 e. The molecule has 8 aromatic carbocycles. The maximum Gasteiger partial charge on any atom is 0.228 e. The minimum atomic E-state index is 0.579. The lowest BCUT2D eigenvalue weighted by Gasteiger charge is -2.26. The van der Waals surface area contributed by atoms with E-state index in [2.05, 4.69) is 138 Å². The summed E-state index contributed by atoms with van der Waals surface area (Å²) < 4.78 is 13.0. The number of nitrogens with zero attached hydrogens (tertiary/aromatic N) is 2. The predicted octanol–water partition coefficient (Wildman–Crippen LogP) is 12.8. The van der Waals surface area contributed by atoms with Gasteiger partial charge in [0.1, 0.15) is 11.1 Å². The Hall–Kier alpha value is -6.65. The number of aromatic nitrogens is 1. The molecule has 0 unspecified atom stereocenters. The van der Waals surface area contributed by atoms with Crippen molar-refractivity contribution < 1.29 is 8.83 Å². The highest BCUT2D eigenvalue weighted by molar-refractivity contribution is 6.15. The van der Waals surface area contributed by atoms with E-state index in [0.29, 0.717) is 5.89 Å². The van der Waals surface area contributed by atoms with Gasteiger partial charge in [-0.1, -0.05) is 109 Å². The molecule has 0 N–H and O–H groups in total. The minimum absolute atomic E-state index is 0.579. The Labute approximate surface area is 282 Å². The van der Waals surface area contributed by atoms with Crippen molar-refractivity contribution in [3.8, 4) is 22.6 Å². The van der Waals surface area contributed by atoms with Gasteiger partial charge in [0.25, 0.3) is 0 Å². The first-order valence-corrected chi connectivity index (χ1v) is 16.5. The van der Waals surface area contributed by atoms with Crippen LogP contribution in [0.25, 0.3) is 77.2 Å². The summed E-state index contributed by atoms with van der Waals surface area (Å²) in [6.07, 6.45) is 0. The standard InChI is InChI=1S/C45H28N2O2/c1-3-11-32-27-34(20-19-29(32)9-1)31-21-24-35(25-22-31)47(36-26-23-30-10-2-4-12-33(30)28-36)40-16-7-13-37-43-38(14-8-18-42(43)48-44(37)40)45-46-39-15-5-6-17-41(39)49-45/h1-28H. The number of para-hydroxylation sites is 3. The van der Waals surface area contributed by atoms with Gasteiger partial charge in [0.15, 0.2) is 11.2 Å². The van der Waals surface area contributed by atoms with Gasteiger partial charge in [0, 0.05) is 27.7 Å². The highest BCUT2D eigenvalue weighted by Crippen LogP contribution is 2.45. The van der Waals surface area contributed by atoms with Crippen LogP contribution in [0.15, 0.2) is 179 Å². The van der Waals surface area contributed by atoms with Crippen molar-refractivity contribution in [1.82, 2.24) is 4.98 Å². The second kappa shape index (κ2) is 11.0. The molecule has 49 heavy (non-hydrogen) atoms. The number of fused-ring (bicyclic) bond motifs is 6. The molecule has 0 atom stereocenters. The summed E-state index contributed by atoms with van der Waals surface area (Å²) in [6, 6.07) is 59.3. The van der Waals surface area contributed by atoms with Crippen molar-refractivity contribution in [2.24, 2.45) is 0 Å². The predicted molar refractivity (Wildman–Crippen MR) is 202 cm³/mol. The zero-order chi connectivity index (χ0) is 32.3. The molecule has 0 saturated heterocycles. The second-order valence-corrected chi connectivity index (χ2v) is 12.4. The van der Waals surface area contributed by atoms with E-state index < -0.39 is 0 Å². The number of rotatable bonds is 5. The fraction of sp³-hybridized carbons (Fsp3) is 0. The molecule has 2 heterocycles. The van der Waals surface area contributed by atoms with Crippen LogP contribution < -0.4 is 4.90 Å². The van der Waals surface area contributed by atoms with E-state index >= 15 is 0 Å². The van der Waals surface area contributed by atoms with E-state index in [0.717, 1.165) is 61.2 Å². The maximum atomic E-state index is 6.75. The van der Waals surface area contributed by atoms with Gasteiger partial charge < -0.3 is 13.7 Å². The van der Waals surface area contributed by atoms with E-state index in [1.54, 1.807) is 0 Å².